The van der Waals surface area contributed by atoms with Crippen LogP contribution in [0.25, 0.3) is 16.9 Å². The van der Waals surface area contributed by atoms with Crippen LogP contribution < -0.4 is 10.1 Å². The molecule has 0 bridgehead atoms. The standard InChI is InChI=1S/C22H25N3O2/c1-5-16(3)23-22(26)20-14-25(18-11-9-15(2)10-12-18)24-21(20)17-7-6-8-19(13-17)27-4/h6-14,16H,5H2,1-4H3,(H,23,26). The molecule has 0 spiro atoms. The van der Waals surface area contributed by atoms with Gasteiger partial charge in [0.25, 0.3) is 5.91 Å². The van der Waals surface area contributed by atoms with Gasteiger partial charge < -0.3 is 10.1 Å². The molecule has 0 aliphatic carbocycles. The second-order valence-electron chi connectivity index (χ2n) is 6.69. The Morgan fingerprint density at radius 2 is 1.96 bits per heavy atom. The molecule has 1 amide bonds. The first-order chi connectivity index (χ1) is 13.0. The van der Waals surface area contributed by atoms with Crippen molar-refractivity contribution in [1.29, 1.82) is 0 Å². The fourth-order valence-corrected chi connectivity index (χ4v) is 2.76. The van der Waals surface area contributed by atoms with Gasteiger partial charge in [0.15, 0.2) is 0 Å². The Kier molecular flexibility index (Phi) is 5.60. The number of nitrogens with one attached hydrogen (secondary N) is 1. The highest BCUT2D eigenvalue weighted by atomic mass is 16.5. The molecular weight excluding hydrogens is 338 g/mol. The van der Waals surface area contributed by atoms with Crippen LogP contribution in [-0.4, -0.2) is 28.8 Å². The Balaban J connectivity index is 2.08. The minimum Gasteiger partial charge on any atom is -0.497 e. The fourth-order valence-electron chi connectivity index (χ4n) is 2.76. The van der Waals surface area contributed by atoms with Crippen molar-refractivity contribution >= 4 is 5.91 Å². The number of benzene rings is 2. The molecule has 0 saturated heterocycles. The summed E-state index contributed by atoms with van der Waals surface area (Å²) in [6, 6.07) is 15.7. The summed E-state index contributed by atoms with van der Waals surface area (Å²) in [5.41, 5.74) is 4.11. The predicted molar refractivity (Wildman–Crippen MR) is 108 cm³/mol. The van der Waals surface area contributed by atoms with Crippen LogP contribution in [0, 0.1) is 6.92 Å². The zero-order chi connectivity index (χ0) is 19.4. The zero-order valence-corrected chi connectivity index (χ0v) is 16.2. The smallest absolute Gasteiger partial charge is 0.255 e. The summed E-state index contributed by atoms with van der Waals surface area (Å²) in [5.74, 6) is 0.603. The van der Waals surface area contributed by atoms with Gasteiger partial charge in [-0.25, -0.2) is 4.68 Å². The summed E-state index contributed by atoms with van der Waals surface area (Å²) in [7, 11) is 1.63. The molecule has 140 valence electrons. The third-order valence-electron chi connectivity index (χ3n) is 4.59. The van der Waals surface area contributed by atoms with Crippen molar-refractivity contribution in [3.8, 4) is 22.7 Å². The molecule has 1 N–H and O–H groups in total. The SMILES string of the molecule is CCC(C)NC(=O)c1cn(-c2ccc(C)cc2)nc1-c1cccc(OC)c1. The first-order valence-corrected chi connectivity index (χ1v) is 9.13. The van der Waals surface area contributed by atoms with E-state index in [4.69, 9.17) is 9.84 Å². The van der Waals surface area contributed by atoms with E-state index in [1.165, 1.54) is 5.56 Å². The van der Waals surface area contributed by atoms with E-state index in [0.717, 1.165) is 23.4 Å². The first kappa shape index (κ1) is 18.7. The lowest BCUT2D eigenvalue weighted by Crippen LogP contribution is -2.32. The van der Waals surface area contributed by atoms with Crippen LogP contribution in [0.2, 0.25) is 0 Å². The maximum absolute atomic E-state index is 12.9. The summed E-state index contributed by atoms with van der Waals surface area (Å²) in [5, 5.41) is 7.75. The fraction of sp³-hybridized carbons (Fsp3) is 0.273. The van der Waals surface area contributed by atoms with Gasteiger partial charge in [-0.2, -0.15) is 5.10 Å². The van der Waals surface area contributed by atoms with Crippen LogP contribution in [0.5, 0.6) is 5.75 Å². The summed E-state index contributed by atoms with van der Waals surface area (Å²) < 4.78 is 7.08. The number of methoxy groups -OCH3 is 1. The van der Waals surface area contributed by atoms with Gasteiger partial charge in [-0.3, -0.25) is 4.79 Å². The molecule has 27 heavy (non-hydrogen) atoms. The number of aryl methyl sites for hydroxylation is 1. The highest BCUT2D eigenvalue weighted by molar-refractivity contribution is 6.00. The van der Waals surface area contributed by atoms with Crippen LogP contribution in [0.1, 0.15) is 36.2 Å². The van der Waals surface area contributed by atoms with E-state index in [1.54, 1.807) is 18.0 Å². The minimum atomic E-state index is -0.125. The van der Waals surface area contributed by atoms with E-state index in [9.17, 15) is 4.79 Å². The first-order valence-electron chi connectivity index (χ1n) is 9.13. The van der Waals surface area contributed by atoms with Crippen molar-refractivity contribution in [2.45, 2.75) is 33.2 Å². The molecule has 1 unspecified atom stereocenters. The molecule has 1 atom stereocenters. The molecule has 0 radical (unpaired) electrons. The summed E-state index contributed by atoms with van der Waals surface area (Å²) >= 11 is 0. The number of carbonyl (C=O) groups excluding carboxylic acids is 1. The Morgan fingerprint density at radius 1 is 1.22 bits per heavy atom. The zero-order valence-electron chi connectivity index (χ0n) is 16.2. The number of rotatable bonds is 6. The van der Waals surface area contributed by atoms with E-state index in [-0.39, 0.29) is 11.9 Å². The summed E-state index contributed by atoms with van der Waals surface area (Å²) in [4.78, 5) is 12.9. The molecule has 3 rings (SSSR count). The normalized spacial score (nSPS) is 11.9. The summed E-state index contributed by atoms with van der Waals surface area (Å²) in [6.07, 6.45) is 2.66. The van der Waals surface area contributed by atoms with Crippen LogP contribution in [0.3, 0.4) is 0 Å². The van der Waals surface area contributed by atoms with Crippen molar-refractivity contribution in [2.24, 2.45) is 0 Å². The number of nitrogens with zero attached hydrogens (tertiary/aromatic N) is 2. The lowest BCUT2D eigenvalue weighted by molar-refractivity contribution is 0.0940. The largest absolute Gasteiger partial charge is 0.497 e. The molecule has 2 aromatic carbocycles. The quantitative estimate of drug-likeness (QED) is 0.707. The van der Waals surface area contributed by atoms with Gasteiger partial charge in [0, 0.05) is 17.8 Å². The van der Waals surface area contributed by atoms with Crippen molar-refractivity contribution < 1.29 is 9.53 Å². The van der Waals surface area contributed by atoms with Crippen molar-refractivity contribution in [3.05, 3.63) is 65.9 Å². The van der Waals surface area contributed by atoms with Gasteiger partial charge in [-0.05, 0) is 44.5 Å². The van der Waals surface area contributed by atoms with Crippen LogP contribution >= 0.6 is 0 Å². The third kappa shape index (κ3) is 4.19. The van der Waals surface area contributed by atoms with Crippen molar-refractivity contribution in [3.63, 3.8) is 0 Å². The van der Waals surface area contributed by atoms with Gasteiger partial charge in [0.05, 0.1) is 18.4 Å². The molecule has 1 aromatic heterocycles. The Bertz CT molecular complexity index is 929. The van der Waals surface area contributed by atoms with Crippen molar-refractivity contribution in [1.82, 2.24) is 15.1 Å². The van der Waals surface area contributed by atoms with Gasteiger partial charge in [0.2, 0.25) is 0 Å². The van der Waals surface area contributed by atoms with E-state index in [1.807, 2.05) is 69.3 Å². The summed E-state index contributed by atoms with van der Waals surface area (Å²) in [6.45, 7) is 6.08. The lowest BCUT2D eigenvalue weighted by atomic mass is 10.1. The van der Waals surface area contributed by atoms with Gasteiger partial charge in [-0.1, -0.05) is 36.8 Å². The van der Waals surface area contributed by atoms with E-state index < -0.39 is 0 Å². The number of aromatic nitrogens is 2. The van der Waals surface area contributed by atoms with E-state index >= 15 is 0 Å². The minimum absolute atomic E-state index is 0.0957. The Morgan fingerprint density at radius 3 is 2.63 bits per heavy atom. The monoisotopic (exact) mass is 363 g/mol. The highest BCUT2D eigenvalue weighted by Crippen LogP contribution is 2.27. The van der Waals surface area contributed by atoms with Crippen LogP contribution in [0.4, 0.5) is 0 Å². The lowest BCUT2D eigenvalue weighted by Gasteiger charge is -2.11. The van der Waals surface area contributed by atoms with E-state index in [0.29, 0.717) is 11.3 Å². The third-order valence-corrected chi connectivity index (χ3v) is 4.59. The molecular formula is C22H25N3O2. The maximum Gasteiger partial charge on any atom is 0.255 e. The van der Waals surface area contributed by atoms with Gasteiger partial charge in [-0.15, -0.1) is 0 Å². The van der Waals surface area contributed by atoms with Gasteiger partial charge >= 0.3 is 0 Å². The average molecular weight is 363 g/mol. The molecule has 1 heterocycles. The Labute approximate surface area is 160 Å². The number of amides is 1. The molecule has 3 aromatic rings. The maximum atomic E-state index is 12.9. The Hall–Kier alpha value is -3.08. The van der Waals surface area contributed by atoms with Crippen LogP contribution in [-0.2, 0) is 0 Å². The topological polar surface area (TPSA) is 56.2 Å². The number of hydrogen-bond acceptors (Lipinski definition) is 3. The molecule has 0 saturated carbocycles. The highest BCUT2D eigenvalue weighted by Gasteiger charge is 2.20. The van der Waals surface area contributed by atoms with Gasteiger partial charge in [0.1, 0.15) is 11.4 Å². The number of carbonyl (C=O) groups is 1. The predicted octanol–water partition coefficient (Wildman–Crippen LogP) is 4.38. The number of ether oxygens (including phenoxy) is 1. The van der Waals surface area contributed by atoms with Crippen molar-refractivity contribution in [2.75, 3.05) is 7.11 Å². The molecule has 0 aliphatic heterocycles. The number of hydrogen-bond donors (Lipinski definition) is 1. The molecule has 5 heteroatoms. The molecule has 0 fully saturated rings. The van der Waals surface area contributed by atoms with Crippen LogP contribution in [0.15, 0.2) is 54.7 Å². The average Bonchev–Trinajstić information content (AvgIpc) is 3.14. The molecule has 0 aliphatic rings. The second-order valence-corrected chi connectivity index (χ2v) is 6.69. The molecule has 5 nitrogen and oxygen atoms in total. The second kappa shape index (κ2) is 8.08. The van der Waals surface area contributed by atoms with E-state index in [2.05, 4.69) is 5.32 Å².